The number of nitrogens with zero attached hydrogens (tertiary/aromatic N) is 2. The summed E-state index contributed by atoms with van der Waals surface area (Å²) in [5.41, 5.74) is 6.89. The van der Waals surface area contributed by atoms with E-state index in [-0.39, 0.29) is 11.8 Å². The van der Waals surface area contributed by atoms with Crippen LogP contribution in [0.4, 0.5) is 11.6 Å². The Bertz CT molecular complexity index is 535. The van der Waals surface area contributed by atoms with Crippen molar-refractivity contribution < 1.29 is 4.79 Å². The molecule has 21 heavy (non-hydrogen) atoms. The monoisotopic (exact) mass is 288 g/mol. The van der Waals surface area contributed by atoms with Gasteiger partial charge in [-0.15, -0.1) is 0 Å². The number of pyridine rings is 1. The molecule has 1 saturated heterocycles. The fraction of sp³-hybridized carbons (Fsp3) is 0.625. The molecule has 1 atom stereocenters. The number of rotatable bonds is 2. The highest BCUT2D eigenvalue weighted by Crippen LogP contribution is 2.41. The van der Waals surface area contributed by atoms with E-state index in [1.807, 2.05) is 12.1 Å². The van der Waals surface area contributed by atoms with Crippen LogP contribution in [0.2, 0.25) is 0 Å². The molecule has 0 bridgehead atoms. The van der Waals surface area contributed by atoms with E-state index >= 15 is 0 Å². The van der Waals surface area contributed by atoms with Gasteiger partial charge in [-0.25, -0.2) is 4.98 Å². The van der Waals surface area contributed by atoms with Crippen molar-refractivity contribution in [2.75, 3.05) is 24.1 Å². The maximum atomic E-state index is 12.0. The average molecular weight is 288 g/mol. The van der Waals surface area contributed by atoms with Crippen molar-refractivity contribution in [1.82, 2.24) is 9.88 Å². The quantitative estimate of drug-likeness (QED) is 0.875. The molecule has 1 aromatic heterocycles. The molecule has 2 aliphatic rings. The average Bonchev–Trinajstić information content (AvgIpc) is 2.46. The standard InChI is InChI=1S/C16H24N4O/c1-10(2)20-7-5-11(6-8-20)13-9-15(21)19-16-12(13)3-4-14(17)18-16/h3-4,10-11,13H,5-9H2,1-2H3,(H3,17,18,19,21). The molecule has 1 aromatic rings. The van der Waals surface area contributed by atoms with Gasteiger partial charge in [0.1, 0.15) is 11.6 Å². The van der Waals surface area contributed by atoms with E-state index in [0.29, 0.717) is 30.0 Å². The van der Waals surface area contributed by atoms with Crippen LogP contribution in [0.25, 0.3) is 0 Å². The van der Waals surface area contributed by atoms with Gasteiger partial charge in [0, 0.05) is 12.5 Å². The van der Waals surface area contributed by atoms with Crippen LogP contribution in [0, 0.1) is 5.92 Å². The number of nitrogen functional groups attached to an aromatic ring is 1. The number of anilines is 2. The van der Waals surface area contributed by atoms with Crippen LogP contribution < -0.4 is 11.1 Å². The molecule has 1 fully saturated rings. The van der Waals surface area contributed by atoms with Crippen LogP contribution in [-0.2, 0) is 4.79 Å². The highest BCUT2D eigenvalue weighted by molar-refractivity contribution is 5.93. The predicted molar refractivity (Wildman–Crippen MR) is 84.1 cm³/mol. The maximum Gasteiger partial charge on any atom is 0.226 e. The fourth-order valence-electron chi connectivity index (χ4n) is 3.64. The molecule has 3 heterocycles. The van der Waals surface area contributed by atoms with Crippen molar-refractivity contribution in [1.29, 1.82) is 0 Å². The second kappa shape index (κ2) is 5.64. The predicted octanol–water partition coefficient (Wildman–Crippen LogP) is 2.21. The minimum absolute atomic E-state index is 0.0666. The zero-order chi connectivity index (χ0) is 15.0. The molecule has 5 heteroatoms. The van der Waals surface area contributed by atoms with E-state index in [1.54, 1.807) is 0 Å². The molecular weight excluding hydrogens is 264 g/mol. The Morgan fingerprint density at radius 3 is 2.71 bits per heavy atom. The second-order valence-electron chi connectivity index (χ2n) is 6.50. The lowest BCUT2D eigenvalue weighted by Crippen LogP contribution is -2.41. The lowest BCUT2D eigenvalue weighted by molar-refractivity contribution is -0.117. The van der Waals surface area contributed by atoms with Gasteiger partial charge in [-0.2, -0.15) is 0 Å². The van der Waals surface area contributed by atoms with E-state index < -0.39 is 0 Å². The Hall–Kier alpha value is -1.62. The molecular formula is C16H24N4O. The molecule has 114 valence electrons. The topological polar surface area (TPSA) is 71.2 Å². The molecule has 0 aromatic carbocycles. The van der Waals surface area contributed by atoms with E-state index in [0.717, 1.165) is 31.5 Å². The summed E-state index contributed by atoms with van der Waals surface area (Å²) < 4.78 is 0. The SMILES string of the molecule is CC(C)N1CCC(C2CC(=O)Nc3nc(N)ccc32)CC1. The first-order valence-corrected chi connectivity index (χ1v) is 7.85. The van der Waals surface area contributed by atoms with Crippen LogP contribution in [0.5, 0.6) is 0 Å². The zero-order valence-electron chi connectivity index (χ0n) is 12.8. The first-order valence-electron chi connectivity index (χ1n) is 7.85. The van der Waals surface area contributed by atoms with Gasteiger partial charge in [-0.05, 0) is 63.2 Å². The molecule has 2 aliphatic heterocycles. The summed E-state index contributed by atoms with van der Waals surface area (Å²) in [7, 11) is 0. The van der Waals surface area contributed by atoms with Crippen molar-refractivity contribution in [3.63, 3.8) is 0 Å². The molecule has 1 amide bonds. The summed E-state index contributed by atoms with van der Waals surface area (Å²) in [6, 6.07) is 4.48. The highest BCUT2D eigenvalue weighted by atomic mass is 16.1. The number of likely N-dealkylation sites (tertiary alicyclic amines) is 1. The van der Waals surface area contributed by atoms with Gasteiger partial charge in [-0.1, -0.05) is 6.07 Å². The Labute approximate surface area is 125 Å². The molecule has 0 aliphatic carbocycles. The van der Waals surface area contributed by atoms with E-state index in [2.05, 4.69) is 29.0 Å². The third-order valence-electron chi connectivity index (χ3n) is 4.88. The number of hydrogen-bond donors (Lipinski definition) is 2. The van der Waals surface area contributed by atoms with Crippen LogP contribution in [0.1, 0.15) is 44.6 Å². The largest absolute Gasteiger partial charge is 0.384 e. The van der Waals surface area contributed by atoms with Crippen LogP contribution in [0.3, 0.4) is 0 Å². The zero-order valence-corrected chi connectivity index (χ0v) is 12.8. The van der Waals surface area contributed by atoms with Crippen molar-refractivity contribution in [2.24, 2.45) is 5.92 Å². The fourth-order valence-corrected chi connectivity index (χ4v) is 3.64. The number of carbonyl (C=O) groups excluding carboxylic acids is 1. The van der Waals surface area contributed by atoms with E-state index in [1.165, 1.54) is 0 Å². The second-order valence-corrected chi connectivity index (χ2v) is 6.50. The van der Waals surface area contributed by atoms with Crippen molar-refractivity contribution in [3.8, 4) is 0 Å². The third kappa shape index (κ3) is 2.88. The molecule has 0 radical (unpaired) electrons. The normalized spacial score (nSPS) is 24.0. The van der Waals surface area contributed by atoms with Crippen LogP contribution >= 0.6 is 0 Å². The number of amides is 1. The number of hydrogen-bond acceptors (Lipinski definition) is 4. The summed E-state index contributed by atoms with van der Waals surface area (Å²) in [5.74, 6) is 2.05. The Morgan fingerprint density at radius 2 is 2.05 bits per heavy atom. The lowest BCUT2D eigenvalue weighted by atomic mass is 9.76. The molecule has 3 N–H and O–H groups in total. The summed E-state index contributed by atoms with van der Waals surface area (Å²) >= 11 is 0. The summed E-state index contributed by atoms with van der Waals surface area (Å²) in [4.78, 5) is 18.8. The first-order chi connectivity index (χ1) is 10.0. The number of nitrogens with one attached hydrogen (secondary N) is 1. The van der Waals surface area contributed by atoms with Gasteiger partial charge in [0.15, 0.2) is 0 Å². The third-order valence-corrected chi connectivity index (χ3v) is 4.88. The van der Waals surface area contributed by atoms with Gasteiger partial charge in [0.05, 0.1) is 0 Å². The summed E-state index contributed by atoms with van der Waals surface area (Å²) in [6.07, 6.45) is 2.88. The summed E-state index contributed by atoms with van der Waals surface area (Å²) in [5, 5.41) is 2.86. The number of nitrogens with two attached hydrogens (primary N) is 1. The Balaban J connectivity index is 1.79. The van der Waals surface area contributed by atoms with E-state index in [9.17, 15) is 4.79 Å². The van der Waals surface area contributed by atoms with Gasteiger partial charge < -0.3 is 16.0 Å². The van der Waals surface area contributed by atoms with Gasteiger partial charge in [0.25, 0.3) is 0 Å². The van der Waals surface area contributed by atoms with Crippen LogP contribution in [-0.4, -0.2) is 34.9 Å². The maximum absolute atomic E-state index is 12.0. The minimum atomic E-state index is 0.0666. The van der Waals surface area contributed by atoms with E-state index in [4.69, 9.17) is 5.73 Å². The van der Waals surface area contributed by atoms with Crippen molar-refractivity contribution in [3.05, 3.63) is 17.7 Å². The Morgan fingerprint density at radius 1 is 1.33 bits per heavy atom. The first kappa shape index (κ1) is 14.3. The van der Waals surface area contributed by atoms with Crippen LogP contribution in [0.15, 0.2) is 12.1 Å². The molecule has 0 saturated carbocycles. The van der Waals surface area contributed by atoms with Crippen molar-refractivity contribution in [2.45, 2.75) is 45.1 Å². The van der Waals surface area contributed by atoms with Gasteiger partial charge in [-0.3, -0.25) is 4.79 Å². The number of carbonyl (C=O) groups is 1. The highest BCUT2D eigenvalue weighted by Gasteiger charge is 2.34. The number of piperidine rings is 1. The van der Waals surface area contributed by atoms with Crippen molar-refractivity contribution >= 4 is 17.5 Å². The molecule has 0 spiro atoms. The smallest absolute Gasteiger partial charge is 0.226 e. The van der Waals surface area contributed by atoms with Gasteiger partial charge in [0.2, 0.25) is 5.91 Å². The lowest BCUT2D eigenvalue weighted by Gasteiger charge is -2.39. The molecule has 1 unspecified atom stereocenters. The Kier molecular flexibility index (Phi) is 3.85. The summed E-state index contributed by atoms with van der Waals surface area (Å²) in [6.45, 7) is 6.74. The molecule has 5 nitrogen and oxygen atoms in total. The minimum Gasteiger partial charge on any atom is -0.384 e. The number of fused-ring (bicyclic) bond motifs is 1. The molecule has 3 rings (SSSR count). The van der Waals surface area contributed by atoms with Gasteiger partial charge >= 0.3 is 0 Å². The number of aromatic nitrogens is 1.